The molecule has 1 atom stereocenters. The predicted octanol–water partition coefficient (Wildman–Crippen LogP) is 4.52. The first-order valence-electron chi connectivity index (χ1n) is 9.20. The third-order valence-electron chi connectivity index (χ3n) is 5.11. The van der Waals surface area contributed by atoms with Gasteiger partial charge in [-0.05, 0) is 54.8 Å². The lowest BCUT2D eigenvalue weighted by Crippen LogP contribution is -2.32. The third kappa shape index (κ3) is 3.28. The van der Waals surface area contributed by atoms with Crippen molar-refractivity contribution in [2.24, 2.45) is 5.41 Å². The van der Waals surface area contributed by atoms with E-state index in [0.29, 0.717) is 11.3 Å². The summed E-state index contributed by atoms with van der Waals surface area (Å²) in [7, 11) is 0. The molecule has 5 heteroatoms. The summed E-state index contributed by atoms with van der Waals surface area (Å²) in [5, 5.41) is 20.3. The Morgan fingerprint density at radius 2 is 1.57 bits per heavy atom. The fourth-order valence-corrected chi connectivity index (χ4v) is 3.35. The Labute approximate surface area is 164 Å². The van der Waals surface area contributed by atoms with Crippen LogP contribution in [0.3, 0.4) is 0 Å². The van der Waals surface area contributed by atoms with E-state index in [2.05, 4.69) is 0 Å². The topological polar surface area (TPSA) is 77.8 Å². The standard InChI is InChI=1S/C23H25NO4/c1-13-6-9-16(12-14(13)2)24-19(15-7-10-17(25)11-8-15)18(20(26)22(24)28)21(27)23(3,4)5/h6-12,19,25-26H,1-5H3. The van der Waals surface area contributed by atoms with Gasteiger partial charge in [0.05, 0.1) is 11.6 Å². The summed E-state index contributed by atoms with van der Waals surface area (Å²) in [5.41, 5.74) is 2.65. The van der Waals surface area contributed by atoms with Gasteiger partial charge >= 0.3 is 0 Å². The van der Waals surface area contributed by atoms with Gasteiger partial charge in [-0.15, -0.1) is 0 Å². The highest BCUT2D eigenvalue weighted by molar-refractivity contribution is 6.17. The number of aromatic hydroxyl groups is 1. The maximum absolute atomic E-state index is 13.1. The summed E-state index contributed by atoms with van der Waals surface area (Å²) in [6.07, 6.45) is 0. The number of aliphatic hydroxyl groups excluding tert-OH is 1. The second-order valence-corrected chi connectivity index (χ2v) is 8.28. The van der Waals surface area contributed by atoms with E-state index >= 15 is 0 Å². The number of aryl methyl sites for hydroxylation is 2. The Morgan fingerprint density at radius 1 is 0.964 bits per heavy atom. The summed E-state index contributed by atoms with van der Waals surface area (Å²) in [4.78, 5) is 27.6. The normalized spacial score (nSPS) is 17.4. The summed E-state index contributed by atoms with van der Waals surface area (Å²) in [5.74, 6) is -1.32. The molecule has 2 aromatic carbocycles. The van der Waals surface area contributed by atoms with E-state index in [-0.39, 0.29) is 17.1 Å². The number of phenolic OH excluding ortho intramolecular Hbond substituents is 1. The molecule has 0 saturated heterocycles. The summed E-state index contributed by atoms with van der Waals surface area (Å²) in [6, 6.07) is 11.2. The zero-order valence-electron chi connectivity index (χ0n) is 16.8. The molecular formula is C23H25NO4. The minimum absolute atomic E-state index is 0.0846. The highest BCUT2D eigenvalue weighted by atomic mass is 16.3. The van der Waals surface area contributed by atoms with E-state index in [1.54, 1.807) is 32.9 Å². The average Bonchev–Trinajstić information content (AvgIpc) is 2.88. The number of phenols is 1. The van der Waals surface area contributed by atoms with Crippen LogP contribution in [-0.2, 0) is 9.59 Å². The van der Waals surface area contributed by atoms with Gasteiger partial charge in [0.2, 0.25) is 0 Å². The number of nitrogens with zero attached hydrogens (tertiary/aromatic N) is 1. The van der Waals surface area contributed by atoms with Crippen molar-refractivity contribution >= 4 is 17.4 Å². The van der Waals surface area contributed by atoms with Crippen LogP contribution >= 0.6 is 0 Å². The number of aliphatic hydroxyl groups is 1. The molecule has 1 aliphatic heterocycles. The quantitative estimate of drug-likeness (QED) is 0.822. The molecule has 0 radical (unpaired) electrons. The van der Waals surface area contributed by atoms with Crippen LogP contribution in [0.15, 0.2) is 53.8 Å². The summed E-state index contributed by atoms with van der Waals surface area (Å²) in [6.45, 7) is 9.20. The first kappa shape index (κ1) is 19.7. The molecule has 0 spiro atoms. The lowest BCUT2D eigenvalue weighted by molar-refractivity contribution is -0.123. The Balaban J connectivity index is 2.22. The number of hydrogen-bond acceptors (Lipinski definition) is 4. The number of amides is 1. The zero-order valence-corrected chi connectivity index (χ0v) is 16.8. The molecular weight excluding hydrogens is 354 g/mol. The smallest absolute Gasteiger partial charge is 0.294 e. The van der Waals surface area contributed by atoms with Crippen molar-refractivity contribution in [3.8, 4) is 5.75 Å². The molecule has 1 unspecified atom stereocenters. The number of Topliss-reactive ketones (excluding diaryl/α,β-unsaturated/α-hetero) is 1. The van der Waals surface area contributed by atoms with Crippen LogP contribution in [0.5, 0.6) is 5.75 Å². The molecule has 28 heavy (non-hydrogen) atoms. The van der Waals surface area contributed by atoms with Gasteiger partial charge in [0, 0.05) is 11.1 Å². The lowest BCUT2D eigenvalue weighted by Gasteiger charge is -2.29. The molecule has 0 aromatic heterocycles. The van der Waals surface area contributed by atoms with Crippen LogP contribution in [0.25, 0.3) is 0 Å². The number of anilines is 1. The van der Waals surface area contributed by atoms with E-state index < -0.39 is 23.1 Å². The molecule has 3 rings (SSSR count). The van der Waals surface area contributed by atoms with Crippen molar-refractivity contribution in [1.29, 1.82) is 0 Å². The zero-order chi connectivity index (χ0) is 20.8. The largest absolute Gasteiger partial charge is 0.508 e. The predicted molar refractivity (Wildman–Crippen MR) is 108 cm³/mol. The van der Waals surface area contributed by atoms with E-state index in [0.717, 1.165) is 11.1 Å². The monoisotopic (exact) mass is 379 g/mol. The van der Waals surface area contributed by atoms with E-state index in [1.165, 1.54) is 17.0 Å². The number of carbonyl (C=O) groups is 2. The Kier molecular flexibility index (Phi) is 4.79. The number of ketones is 1. The van der Waals surface area contributed by atoms with Gasteiger partial charge in [0.25, 0.3) is 5.91 Å². The van der Waals surface area contributed by atoms with Gasteiger partial charge in [0.1, 0.15) is 5.75 Å². The van der Waals surface area contributed by atoms with E-state index in [4.69, 9.17) is 0 Å². The Hall–Kier alpha value is -3.08. The van der Waals surface area contributed by atoms with Crippen molar-refractivity contribution < 1.29 is 19.8 Å². The van der Waals surface area contributed by atoms with Gasteiger partial charge in [-0.25, -0.2) is 0 Å². The molecule has 0 saturated carbocycles. The molecule has 146 valence electrons. The van der Waals surface area contributed by atoms with Gasteiger partial charge in [-0.3, -0.25) is 14.5 Å². The molecule has 0 bridgehead atoms. The van der Waals surface area contributed by atoms with Gasteiger partial charge in [-0.1, -0.05) is 39.0 Å². The number of benzene rings is 2. The molecule has 1 aliphatic rings. The van der Waals surface area contributed by atoms with E-state index in [1.807, 2.05) is 32.0 Å². The average molecular weight is 379 g/mol. The minimum atomic E-state index is -0.766. The minimum Gasteiger partial charge on any atom is -0.508 e. The van der Waals surface area contributed by atoms with Crippen molar-refractivity contribution in [1.82, 2.24) is 0 Å². The SMILES string of the molecule is Cc1ccc(N2C(=O)C(O)=C(C(=O)C(C)(C)C)C2c2ccc(O)cc2)cc1C. The Morgan fingerprint density at radius 3 is 2.11 bits per heavy atom. The summed E-state index contributed by atoms with van der Waals surface area (Å²) >= 11 is 0. The second kappa shape index (κ2) is 6.82. The molecule has 1 heterocycles. The first-order chi connectivity index (χ1) is 13.0. The second-order valence-electron chi connectivity index (χ2n) is 8.28. The molecule has 1 amide bonds. The number of hydrogen-bond donors (Lipinski definition) is 2. The van der Waals surface area contributed by atoms with Crippen molar-refractivity contribution in [3.05, 3.63) is 70.5 Å². The molecule has 0 fully saturated rings. The number of rotatable bonds is 3. The fourth-order valence-electron chi connectivity index (χ4n) is 3.35. The van der Waals surface area contributed by atoms with E-state index in [9.17, 15) is 19.8 Å². The fraction of sp³-hybridized carbons (Fsp3) is 0.304. The number of carbonyl (C=O) groups excluding carboxylic acids is 2. The maximum Gasteiger partial charge on any atom is 0.294 e. The molecule has 2 N–H and O–H groups in total. The van der Waals surface area contributed by atoms with Crippen molar-refractivity contribution in [2.45, 2.75) is 40.7 Å². The highest BCUT2D eigenvalue weighted by Crippen LogP contribution is 2.43. The third-order valence-corrected chi connectivity index (χ3v) is 5.11. The maximum atomic E-state index is 13.1. The Bertz CT molecular complexity index is 981. The van der Waals surface area contributed by atoms with Crippen LogP contribution in [-0.4, -0.2) is 21.9 Å². The van der Waals surface area contributed by atoms with Crippen molar-refractivity contribution in [2.75, 3.05) is 4.90 Å². The summed E-state index contributed by atoms with van der Waals surface area (Å²) < 4.78 is 0. The highest BCUT2D eigenvalue weighted by Gasteiger charge is 2.46. The molecule has 2 aromatic rings. The molecule has 0 aliphatic carbocycles. The van der Waals surface area contributed by atoms with Crippen LogP contribution in [0.2, 0.25) is 0 Å². The van der Waals surface area contributed by atoms with Gasteiger partial charge in [-0.2, -0.15) is 0 Å². The first-order valence-corrected chi connectivity index (χ1v) is 9.20. The van der Waals surface area contributed by atoms with Crippen LogP contribution in [0.4, 0.5) is 5.69 Å². The van der Waals surface area contributed by atoms with Crippen LogP contribution in [0.1, 0.15) is 43.5 Å². The van der Waals surface area contributed by atoms with Crippen molar-refractivity contribution in [3.63, 3.8) is 0 Å². The van der Waals surface area contributed by atoms with Crippen LogP contribution in [0, 0.1) is 19.3 Å². The van der Waals surface area contributed by atoms with Crippen LogP contribution < -0.4 is 4.90 Å². The van der Waals surface area contributed by atoms with Gasteiger partial charge < -0.3 is 10.2 Å². The molecule has 5 nitrogen and oxygen atoms in total. The van der Waals surface area contributed by atoms with Gasteiger partial charge in [0.15, 0.2) is 11.5 Å². The lowest BCUT2D eigenvalue weighted by atomic mass is 9.82.